The van der Waals surface area contributed by atoms with Gasteiger partial charge in [0.15, 0.2) is 0 Å². The number of carbonyl (C=O) groups excluding carboxylic acids is 1. The van der Waals surface area contributed by atoms with Gasteiger partial charge in [-0.15, -0.1) is 5.10 Å². The van der Waals surface area contributed by atoms with Crippen molar-refractivity contribution in [1.82, 2.24) is 14.9 Å². The summed E-state index contributed by atoms with van der Waals surface area (Å²) in [5, 5.41) is 6.71. The smallest absolute Gasteiger partial charge is 0.265 e. The number of nitrogens with zero attached hydrogens (tertiary/aromatic N) is 2. The Kier molecular flexibility index (Phi) is 4.64. The van der Waals surface area contributed by atoms with Crippen molar-refractivity contribution >= 4 is 17.4 Å². The number of ether oxygens (including phenoxy) is 1. The number of aromatic nitrogens is 2. The van der Waals surface area contributed by atoms with Gasteiger partial charge in [-0.05, 0) is 24.9 Å². The minimum absolute atomic E-state index is 0.00527. The van der Waals surface area contributed by atoms with Crippen LogP contribution in [-0.4, -0.2) is 35.3 Å². The molecule has 1 aromatic heterocycles. The van der Waals surface area contributed by atoms with Crippen LogP contribution in [0.1, 0.15) is 29.2 Å². The third kappa shape index (κ3) is 3.24. The third-order valence-electron chi connectivity index (χ3n) is 1.89. The van der Waals surface area contributed by atoms with E-state index < -0.39 is 0 Å². The quantitative estimate of drug-likeness (QED) is 0.813. The zero-order valence-corrected chi connectivity index (χ0v) is 9.93. The molecule has 0 spiro atoms. The van der Waals surface area contributed by atoms with Gasteiger partial charge in [-0.25, -0.2) is 0 Å². The van der Waals surface area contributed by atoms with Crippen molar-refractivity contribution < 1.29 is 9.53 Å². The largest absolute Gasteiger partial charge is 0.383 e. The maximum Gasteiger partial charge on any atom is 0.265 e. The summed E-state index contributed by atoms with van der Waals surface area (Å²) in [7, 11) is 1.61. The lowest BCUT2D eigenvalue weighted by molar-refractivity contribution is 0.0908. The van der Waals surface area contributed by atoms with E-state index in [1.54, 1.807) is 7.11 Å². The Labute approximate surface area is 93.0 Å². The van der Waals surface area contributed by atoms with Crippen LogP contribution in [0.5, 0.6) is 0 Å². The fourth-order valence-electron chi connectivity index (χ4n) is 1.19. The molecule has 0 saturated carbocycles. The Bertz CT molecular complexity index is 327. The lowest BCUT2D eigenvalue weighted by Crippen LogP contribution is -2.35. The normalized spacial score (nSPS) is 12.5. The minimum atomic E-state index is -0.119. The van der Waals surface area contributed by atoms with Gasteiger partial charge in [-0.2, -0.15) is 0 Å². The predicted octanol–water partition coefficient (Wildman–Crippen LogP) is 0.865. The number of rotatable bonds is 5. The molecule has 1 atom stereocenters. The van der Waals surface area contributed by atoms with Crippen LogP contribution >= 0.6 is 11.5 Å². The van der Waals surface area contributed by atoms with E-state index in [1.807, 2.05) is 13.8 Å². The molecule has 0 saturated heterocycles. The van der Waals surface area contributed by atoms with E-state index in [9.17, 15) is 4.79 Å². The highest BCUT2D eigenvalue weighted by atomic mass is 32.1. The molecule has 84 valence electrons. The summed E-state index contributed by atoms with van der Waals surface area (Å²) in [5.41, 5.74) is 0.752. The van der Waals surface area contributed by atoms with Gasteiger partial charge in [0.05, 0.1) is 12.3 Å². The molecule has 0 aliphatic carbocycles. The van der Waals surface area contributed by atoms with Gasteiger partial charge in [0.2, 0.25) is 0 Å². The molecule has 0 aromatic carbocycles. The van der Waals surface area contributed by atoms with E-state index >= 15 is 0 Å². The zero-order chi connectivity index (χ0) is 11.3. The minimum Gasteiger partial charge on any atom is -0.383 e. The van der Waals surface area contributed by atoms with E-state index in [0.717, 1.165) is 23.6 Å². The highest BCUT2D eigenvalue weighted by molar-refractivity contribution is 7.08. The molecular weight excluding hydrogens is 214 g/mol. The van der Waals surface area contributed by atoms with Crippen LogP contribution < -0.4 is 5.32 Å². The first-order valence-electron chi connectivity index (χ1n) is 4.80. The Balaban J connectivity index is 2.61. The van der Waals surface area contributed by atoms with Crippen molar-refractivity contribution in [2.75, 3.05) is 13.7 Å². The average Bonchev–Trinajstić information content (AvgIpc) is 2.65. The van der Waals surface area contributed by atoms with Crippen LogP contribution in [0.3, 0.4) is 0 Å². The summed E-state index contributed by atoms with van der Waals surface area (Å²) >= 11 is 1.13. The molecule has 0 aliphatic rings. The van der Waals surface area contributed by atoms with Gasteiger partial charge in [0.1, 0.15) is 4.88 Å². The molecule has 0 aliphatic heterocycles. The second-order valence-corrected chi connectivity index (χ2v) is 3.99. The van der Waals surface area contributed by atoms with Crippen molar-refractivity contribution in [3.05, 3.63) is 10.6 Å². The van der Waals surface area contributed by atoms with E-state index in [-0.39, 0.29) is 11.9 Å². The highest BCUT2D eigenvalue weighted by Crippen LogP contribution is 2.10. The van der Waals surface area contributed by atoms with Crippen LogP contribution in [0, 0.1) is 0 Å². The summed E-state index contributed by atoms with van der Waals surface area (Å²) in [6.07, 6.45) is 0.720. The first-order chi connectivity index (χ1) is 7.19. The monoisotopic (exact) mass is 229 g/mol. The summed E-state index contributed by atoms with van der Waals surface area (Å²) in [5.74, 6) is -0.119. The van der Waals surface area contributed by atoms with Crippen molar-refractivity contribution in [3.63, 3.8) is 0 Å². The van der Waals surface area contributed by atoms with Gasteiger partial charge >= 0.3 is 0 Å². The Morgan fingerprint density at radius 3 is 3.00 bits per heavy atom. The van der Waals surface area contributed by atoms with E-state index in [1.165, 1.54) is 0 Å². The topological polar surface area (TPSA) is 64.1 Å². The Morgan fingerprint density at radius 2 is 2.40 bits per heavy atom. The second-order valence-electron chi connectivity index (χ2n) is 3.23. The summed E-state index contributed by atoms with van der Waals surface area (Å²) in [6.45, 7) is 4.34. The molecular formula is C9H15N3O2S. The van der Waals surface area contributed by atoms with Crippen LogP contribution in [0.4, 0.5) is 0 Å². The molecule has 6 heteroatoms. The number of methoxy groups -OCH3 is 1. The molecule has 1 unspecified atom stereocenters. The number of nitrogens with one attached hydrogen (secondary N) is 1. The van der Waals surface area contributed by atoms with Crippen molar-refractivity contribution in [2.45, 2.75) is 26.3 Å². The fourth-order valence-corrected chi connectivity index (χ4v) is 1.85. The standard InChI is InChI=1S/C9H15N3O2S/c1-4-7-8(15-12-11-7)9(13)10-6(2)5-14-3/h6H,4-5H2,1-3H3,(H,10,13). The molecule has 1 rings (SSSR count). The molecule has 1 N–H and O–H groups in total. The van der Waals surface area contributed by atoms with E-state index in [0.29, 0.717) is 11.5 Å². The molecule has 15 heavy (non-hydrogen) atoms. The highest BCUT2D eigenvalue weighted by Gasteiger charge is 2.16. The zero-order valence-electron chi connectivity index (χ0n) is 9.11. The van der Waals surface area contributed by atoms with E-state index in [4.69, 9.17) is 4.74 Å². The van der Waals surface area contributed by atoms with Crippen LogP contribution in [-0.2, 0) is 11.2 Å². The Hall–Kier alpha value is -1.01. The van der Waals surface area contributed by atoms with Crippen molar-refractivity contribution in [1.29, 1.82) is 0 Å². The predicted molar refractivity (Wildman–Crippen MR) is 58.1 cm³/mol. The molecule has 5 nitrogen and oxygen atoms in total. The van der Waals surface area contributed by atoms with Crippen LogP contribution in [0.15, 0.2) is 0 Å². The average molecular weight is 229 g/mol. The third-order valence-corrected chi connectivity index (χ3v) is 2.66. The van der Waals surface area contributed by atoms with E-state index in [2.05, 4.69) is 14.9 Å². The van der Waals surface area contributed by atoms with Gasteiger partial charge in [-0.1, -0.05) is 11.4 Å². The first kappa shape index (κ1) is 12.1. The maximum atomic E-state index is 11.7. The van der Waals surface area contributed by atoms with Gasteiger partial charge < -0.3 is 10.1 Å². The molecule has 0 fully saturated rings. The molecule has 0 radical (unpaired) electrons. The van der Waals surface area contributed by atoms with Gasteiger partial charge in [0, 0.05) is 13.2 Å². The van der Waals surface area contributed by atoms with Crippen LogP contribution in [0.25, 0.3) is 0 Å². The van der Waals surface area contributed by atoms with Crippen molar-refractivity contribution in [2.24, 2.45) is 0 Å². The summed E-state index contributed by atoms with van der Waals surface area (Å²) in [6, 6.07) is -0.00527. The first-order valence-corrected chi connectivity index (χ1v) is 5.57. The number of carbonyl (C=O) groups is 1. The number of hydrogen-bond donors (Lipinski definition) is 1. The molecule has 1 amide bonds. The van der Waals surface area contributed by atoms with Crippen molar-refractivity contribution in [3.8, 4) is 0 Å². The fraction of sp³-hybridized carbons (Fsp3) is 0.667. The molecule has 0 bridgehead atoms. The second kappa shape index (κ2) is 5.77. The number of aryl methyl sites for hydroxylation is 1. The van der Waals surface area contributed by atoms with Gasteiger partial charge in [0.25, 0.3) is 5.91 Å². The van der Waals surface area contributed by atoms with Crippen LogP contribution in [0.2, 0.25) is 0 Å². The lowest BCUT2D eigenvalue weighted by atomic mass is 10.2. The number of amides is 1. The van der Waals surface area contributed by atoms with Gasteiger partial charge in [-0.3, -0.25) is 4.79 Å². The summed E-state index contributed by atoms with van der Waals surface area (Å²) in [4.78, 5) is 12.3. The lowest BCUT2D eigenvalue weighted by Gasteiger charge is -2.11. The Morgan fingerprint density at radius 1 is 1.67 bits per heavy atom. The maximum absolute atomic E-state index is 11.7. The molecule has 1 heterocycles. The number of hydrogen-bond acceptors (Lipinski definition) is 5. The summed E-state index contributed by atoms with van der Waals surface area (Å²) < 4.78 is 8.70. The SMILES string of the molecule is CCc1nnsc1C(=O)NC(C)COC. The molecule has 1 aromatic rings.